The Morgan fingerprint density at radius 3 is 2.79 bits per heavy atom. The summed E-state index contributed by atoms with van der Waals surface area (Å²) in [4.78, 5) is 40.0. The van der Waals surface area contributed by atoms with Crippen LogP contribution in [0.15, 0.2) is 47.3 Å². The van der Waals surface area contributed by atoms with Gasteiger partial charge in [-0.2, -0.15) is 0 Å². The van der Waals surface area contributed by atoms with Gasteiger partial charge in [0, 0.05) is 48.3 Å². The van der Waals surface area contributed by atoms with E-state index in [9.17, 15) is 9.59 Å². The highest BCUT2D eigenvalue weighted by Gasteiger charge is 2.32. The van der Waals surface area contributed by atoms with Crippen LogP contribution in [0.2, 0.25) is 0 Å². The summed E-state index contributed by atoms with van der Waals surface area (Å²) in [6.07, 6.45) is 6.74. The number of imidazole rings is 1. The number of amides is 1. The quantitative estimate of drug-likeness (QED) is 0.203. The summed E-state index contributed by atoms with van der Waals surface area (Å²) < 4.78 is 10.4. The van der Waals surface area contributed by atoms with E-state index in [2.05, 4.69) is 30.3 Å². The predicted octanol–water partition coefficient (Wildman–Crippen LogP) is 4.48. The molecule has 4 heterocycles. The lowest BCUT2D eigenvalue weighted by atomic mass is 9.98. The van der Waals surface area contributed by atoms with E-state index < -0.39 is 0 Å². The average Bonchev–Trinajstić information content (AvgIpc) is 3.62. The van der Waals surface area contributed by atoms with Crippen molar-refractivity contribution in [3.8, 4) is 17.0 Å². The van der Waals surface area contributed by atoms with Crippen molar-refractivity contribution in [3.63, 3.8) is 0 Å². The van der Waals surface area contributed by atoms with Gasteiger partial charge in [-0.05, 0) is 38.9 Å². The Morgan fingerprint density at radius 1 is 1.21 bits per heavy atom. The van der Waals surface area contributed by atoms with Crippen molar-refractivity contribution in [2.75, 3.05) is 27.2 Å². The molecule has 1 atom stereocenters. The number of ketones is 1. The van der Waals surface area contributed by atoms with Gasteiger partial charge in [0.1, 0.15) is 23.5 Å². The van der Waals surface area contributed by atoms with E-state index in [1.54, 1.807) is 19.4 Å². The van der Waals surface area contributed by atoms with E-state index in [1.807, 2.05) is 38.2 Å². The highest BCUT2D eigenvalue weighted by atomic mass is 16.5. The Kier molecular flexibility index (Phi) is 8.02. The number of likely N-dealkylation sites (tertiary alicyclic amines) is 1. The maximum atomic E-state index is 12.9. The highest BCUT2D eigenvalue weighted by Crippen LogP contribution is 2.34. The van der Waals surface area contributed by atoms with E-state index in [1.165, 1.54) is 6.26 Å². The van der Waals surface area contributed by atoms with Crippen LogP contribution in [0.25, 0.3) is 22.2 Å². The summed E-state index contributed by atoms with van der Waals surface area (Å²) in [6.45, 7) is 3.48. The minimum absolute atomic E-state index is 0.0106. The summed E-state index contributed by atoms with van der Waals surface area (Å²) in [5.74, 6) is 1.41. The first-order valence-corrected chi connectivity index (χ1v) is 13.3. The lowest BCUT2D eigenvalue weighted by Crippen LogP contribution is -2.52. The van der Waals surface area contributed by atoms with Crippen molar-refractivity contribution in [2.45, 2.75) is 45.1 Å². The molecule has 0 radical (unpaired) electrons. The average molecular weight is 531 g/mol. The van der Waals surface area contributed by atoms with Crippen molar-refractivity contribution in [3.05, 3.63) is 60.0 Å². The second-order valence-electron chi connectivity index (χ2n) is 10.3. The zero-order valence-corrected chi connectivity index (χ0v) is 22.6. The molecule has 1 aromatic carbocycles. The van der Waals surface area contributed by atoms with Gasteiger partial charge in [0.15, 0.2) is 5.78 Å². The molecule has 1 amide bonds. The molecule has 2 N–H and O–H groups in total. The molecule has 0 bridgehead atoms. The number of pyridine rings is 1. The molecule has 204 valence electrons. The van der Waals surface area contributed by atoms with Gasteiger partial charge in [-0.15, -0.1) is 0 Å². The minimum Gasteiger partial charge on any atom is -0.496 e. The Morgan fingerprint density at radius 2 is 2.05 bits per heavy atom. The molecule has 0 spiro atoms. The Balaban J connectivity index is 1.29. The number of hydrogen-bond acceptors (Lipinski definition) is 8. The molecule has 3 aromatic heterocycles. The molecule has 5 rings (SSSR count). The summed E-state index contributed by atoms with van der Waals surface area (Å²) in [5, 5.41) is 7.93. The number of fused-ring (bicyclic) bond motifs is 1. The van der Waals surface area contributed by atoms with Gasteiger partial charge in [0.2, 0.25) is 5.91 Å². The zero-order valence-electron chi connectivity index (χ0n) is 22.6. The zero-order chi connectivity index (χ0) is 27.4. The Labute approximate surface area is 227 Å². The number of ether oxygens (including phenoxy) is 1. The lowest BCUT2D eigenvalue weighted by molar-refractivity contribution is -0.130. The van der Waals surface area contributed by atoms with Gasteiger partial charge in [-0.1, -0.05) is 24.1 Å². The number of aromatic nitrogens is 4. The molecule has 1 fully saturated rings. The van der Waals surface area contributed by atoms with Crippen molar-refractivity contribution in [2.24, 2.45) is 5.92 Å². The number of H-pyrrole nitrogens is 1. The van der Waals surface area contributed by atoms with Crippen molar-refractivity contribution in [1.29, 1.82) is 0 Å². The maximum absolute atomic E-state index is 12.9. The van der Waals surface area contributed by atoms with Crippen molar-refractivity contribution >= 4 is 22.6 Å². The first-order chi connectivity index (χ1) is 18.9. The molecule has 4 aromatic rings. The number of methoxy groups -OCH3 is 1. The number of carbonyl (C=O) groups excluding carboxylic acids is 2. The van der Waals surface area contributed by atoms with E-state index in [4.69, 9.17) is 9.26 Å². The molecule has 39 heavy (non-hydrogen) atoms. The van der Waals surface area contributed by atoms with Crippen LogP contribution in [0.3, 0.4) is 0 Å². The smallest absolute Gasteiger partial charge is 0.226 e. The van der Waals surface area contributed by atoms with Crippen LogP contribution >= 0.6 is 0 Å². The van der Waals surface area contributed by atoms with E-state index >= 15 is 0 Å². The number of carbonyl (C=O) groups is 2. The summed E-state index contributed by atoms with van der Waals surface area (Å²) in [6, 6.07) is 9.33. The number of hydrogen-bond donors (Lipinski definition) is 2. The molecule has 1 aliphatic rings. The largest absolute Gasteiger partial charge is 0.496 e. The van der Waals surface area contributed by atoms with Gasteiger partial charge in [0.05, 0.1) is 36.5 Å². The maximum Gasteiger partial charge on any atom is 0.226 e. The van der Waals surface area contributed by atoms with Crippen LogP contribution in [0.1, 0.15) is 60.2 Å². The molecule has 1 aliphatic heterocycles. The summed E-state index contributed by atoms with van der Waals surface area (Å²) in [5.41, 5.74) is 3.87. The topological polar surface area (TPSA) is 126 Å². The van der Waals surface area contributed by atoms with E-state index in [0.29, 0.717) is 30.1 Å². The third-order valence-electron chi connectivity index (χ3n) is 7.24. The fraction of sp³-hybridized carbons (Fsp3) is 0.414. The van der Waals surface area contributed by atoms with E-state index in [0.717, 1.165) is 60.2 Å². The number of nitrogens with zero attached hydrogens (tertiary/aromatic N) is 4. The van der Waals surface area contributed by atoms with Crippen LogP contribution in [0.5, 0.6) is 5.75 Å². The highest BCUT2D eigenvalue weighted by molar-refractivity contribution is 5.93. The monoisotopic (exact) mass is 530 g/mol. The van der Waals surface area contributed by atoms with Crippen LogP contribution < -0.4 is 10.1 Å². The summed E-state index contributed by atoms with van der Waals surface area (Å²) in [7, 11) is 3.65. The predicted molar refractivity (Wildman–Crippen MR) is 146 cm³/mol. The van der Waals surface area contributed by atoms with Crippen LogP contribution in [0, 0.1) is 12.8 Å². The second kappa shape index (κ2) is 11.8. The third kappa shape index (κ3) is 6.17. The Hall–Kier alpha value is -4.05. The number of Topliss-reactive ketones (excluding diaryl/α,β-unsaturated/α-hetero) is 1. The number of benzene rings is 1. The van der Waals surface area contributed by atoms with Crippen LogP contribution in [0.4, 0.5) is 0 Å². The first-order valence-electron chi connectivity index (χ1n) is 13.3. The van der Waals surface area contributed by atoms with Gasteiger partial charge >= 0.3 is 0 Å². The molecule has 10 nitrogen and oxygen atoms in total. The number of aromatic amines is 1. The van der Waals surface area contributed by atoms with Gasteiger partial charge in [-0.3, -0.25) is 14.6 Å². The minimum atomic E-state index is -0.265. The van der Waals surface area contributed by atoms with Gasteiger partial charge in [-0.25, -0.2) is 4.98 Å². The van der Waals surface area contributed by atoms with Crippen molar-refractivity contribution < 1.29 is 18.8 Å². The van der Waals surface area contributed by atoms with Crippen LogP contribution in [-0.2, 0) is 4.79 Å². The second-order valence-corrected chi connectivity index (χ2v) is 10.3. The fourth-order valence-electron chi connectivity index (χ4n) is 5.01. The first kappa shape index (κ1) is 26.6. The third-order valence-corrected chi connectivity index (χ3v) is 7.24. The number of nitrogens with one attached hydrogen (secondary N) is 2. The molecule has 0 unspecified atom stereocenters. The molecule has 0 saturated carbocycles. The number of aryl methyl sites for hydroxylation is 1. The van der Waals surface area contributed by atoms with Crippen molar-refractivity contribution in [1.82, 2.24) is 30.3 Å². The standard InChI is InChI=1S/C29H34N6O4/c1-18-9-10-19-13-21(27(38-3)14-24(19)31-18)25-15-30-28(32-25)23(33-29(37)20-16-35(2)17-20)7-5-4-6-8-26(36)22-11-12-39-34-22/h9-15,20,23H,4-8,16-17H2,1-3H3,(H,30,32)(H,33,37)/t23-/m0/s1. The lowest BCUT2D eigenvalue weighted by Gasteiger charge is -2.35. The van der Waals surface area contributed by atoms with Gasteiger partial charge in [0.25, 0.3) is 0 Å². The summed E-state index contributed by atoms with van der Waals surface area (Å²) >= 11 is 0. The van der Waals surface area contributed by atoms with Crippen LogP contribution in [-0.4, -0.2) is 63.9 Å². The van der Waals surface area contributed by atoms with Gasteiger partial charge < -0.3 is 24.5 Å². The molecule has 1 saturated heterocycles. The number of rotatable bonds is 12. The molecular weight excluding hydrogens is 496 g/mol. The normalized spacial score (nSPS) is 14.7. The number of unbranched alkanes of at least 4 members (excludes halogenated alkanes) is 2. The molecule has 10 heteroatoms. The Bertz CT molecular complexity index is 1440. The SMILES string of the molecule is COc1cc2nc(C)ccc2cc1-c1cnc([C@H](CCCCCC(=O)c2ccon2)NC(=O)C2CN(C)C2)[nH]1. The molecular formula is C29H34N6O4. The fourth-order valence-corrected chi connectivity index (χ4v) is 5.01. The molecule has 0 aliphatic carbocycles. The van der Waals surface area contributed by atoms with E-state index in [-0.39, 0.29) is 23.7 Å².